The molecule has 1 rings (SSSR count). The second kappa shape index (κ2) is 5.16. The fraction of sp³-hybridized carbons (Fsp3) is 0.300. The molecule has 16 heavy (non-hydrogen) atoms. The van der Waals surface area contributed by atoms with E-state index >= 15 is 0 Å². The first kappa shape index (κ1) is 12.8. The van der Waals surface area contributed by atoms with Gasteiger partial charge in [-0.2, -0.15) is 12.6 Å². The zero-order valence-electron chi connectivity index (χ0n) is 8.83. The second-order valence-electron chi connectivity index (χ2n) is 3.05. The number of hydrogen-bond donors (Lipinski definition) is 1. The van der Waals surface area contributed by atoms with Gasteiger partial charge in [0.2, 0.25) is 5.91 Å². The Balaban J connectivity index is 3.15. The maximum absolute atomic E-state index is 13.5. The number of carbonyl (C=O) groups is 1. The van der Waals surface area contributed by atoms with Gasteiger partial charge in [-0.3, -0.25) is 4.79 Å². The number of thiol groups is 1. The Morgan fingerprint density at radius 1 is 1.44 bits per heavy atom. The molecule has 0 bridgehead atoms. The van der Waals surface area contributed by atoms with Crippen molar-refractivity contribution in [2.45, 2.75) is 0 Å². The molecule has 0 atom stereocenters. The summed E-state index contributed by atoms with van der Waals surface area (Å²) in [4.78, 5) is 12.3. The van der Waals surface area contributed by atoms with Gasteiger partial charge >= 0.3 is 0 Å². The van der Waals surface area contributed by atoms with E-state index in [-0.39, 0.29) is 17.2 Å². The fourth-order valence-electron chi connectivity index (χ4n) is 1.17. The lowest BCUT2D eigenvalue weighted by molar-refractivity contribution is -0.115. The Kier molecular flexibility index (Phi) is 4.12. The van der Waals surface area contributed by atoms with Gasteiger partial charge in [-0.05, 0) is 0 Å². The minimum absolute atomic E-state index is 0.0798. The molecule has 0 heterocycles. The van der Waals surface area contributed by atoms with Crippen LogP contribution < -0.4 is 9.64 Å². The van der Waals surface area contributed by atoms with E-state index in [0.29, 0.717) is 0 Å². The summed E-state index contributed by atoms with van der Waals surface area (Å²) in [7, 11) is 2.59. The van der Waals surface area contributed by atoms with E-state index in [1.165, 1.54) is 14.2 Å². The molecule has 1 aromatic rings. The molecular weight excluding hydrogens is 236 g/mol. The van der Waals surface area contributed by atoms with Crippen molar-refractivity contribution in [3.63, 3.8) is 0 Å². The van der Waals surface area contributed by atoms with E-state index in [1.807, 2.05) is 0 Å². The highest BCUT2D eigenvalue weighted by molar-refractivity contribution is 7.81. The highest BCUT2D eigenvalue weighted by Crippen LogP contribution is 2.26. The number of ether oxygens (including phenoxy) is 1. The van der Waals surface area contributed by atoms with Crippen LogP contribution in [0.25, 0.3) is 0 Å². The molecule has 0 aliphatic heterocycles. The minimum atomic E-state index is -0.726. The summed E-state index contributed by atoms with van der Waals surface area (Å²) >= 11 is 3.77. The average Bonchev–Trinajstić information content (AvgIpc) is 2.29. The average molecular weight is 247 g/mol. The van der Waals surface area contributed by atoms with Crippen molar-refractivity contribution in [2.75, 3.05) is 24.8 Å². The number of methoxy groups -OCH3 is 1. The van der Waals surface area contributed by atoms with Crippen molar-refractivity contribution in [1.29, 1.82) is 0 Å². The zero-order valence-corrected chi connectivity index (χ0v) is 9.72. The Bertz CT molecular complexity index is 412. The third-order valence-electron chi connectivity index (χ3n) is 2.09. The molecule has 0 N–H and O–H groups in total. The molecular formula is C10H11F2NO2S. The summed E-state index contributed by atoms with van der Waals surface area (Å²) in [6.45, 7) is 0. The number of rotatable bonds is 3. The maximum Gasteiger partial charge on any atom is 0.236 e. The molecule has 1 aromatic carbocycles. The number of amides is 1. The van der Waals surface area contributed by atoms with Crippen LogP contribution in [-0.2, 0) is 4.79 Å². The van der Waals surface area contributed by atoms with Crippen LogP contribution in [0.5, 0.6) is 5.75 Å². The summed E-state index contributed by atoms with van der Waals surface area (Å²) in [5.74, 6) is -2.16. The van der Waals surface area contributed by atoms with Crippen molar-refractivity contribution in [3.05, 3.63) is 23.8 Å². The summed E-state index contributed by atoms with van der Waals surface area (Å²) < 4.78 is 31.4. The highest BCUT2D eigenvalue weighted by Gasteiger charge is 2.17. The SMILES string of the molecule is COc1cc(F)c(N(C)C(=O)CS)cc1F. The molecule has 6 heteroatoms. The molecule has 0 aromatic heterocycles. The van der Waals surface area contributed by atoms with Gasteiger partial charge in [0.15, 0.2) is 17.4 Å². The lowest BCUT2D eigenvalue weighted by atomic mass is 10.2. The van der Waals surface area contributed by atoms with Gasteiger partial charge in [-0.15, -0.1) is 0 Å². The summed E-state index contributed by atoms with van der Waals surface area (Å²) in [5.41, 5.74) is -0.141. The van der Waals surface area contributed by atoms with Gasteiger partial charge in [0, 0.05) is 19.2 Å². The lowest BCUT2D eigenvalue weighted by Gasteiger charge is -2.17. The standard InChI is InChI=1S/C10H11F2NO2S/c1-13(10(14)5-16)8-3-7(12)9(15-2)4-6(8)11/h3-4,16H,5H2,1-2H3. The predicted molar refractivity (Wildman–Crippen MR) is 60.2 cm³/mol. The van der Waals surface area contributed by atoms with Gasteiger partial charge in [-0.1, -0.05) is 0 Å². The summed E-state index contributed by atoms with van der Waals surface area (Å²) in [6, 6.07) is 1.81. The van der Waals surface area contributed by atoms with E-state index in [9.17, 15) is 13.6 Å². The minimum Gasteiger partial charge on any atom is -0.494 e. The smallest absolute Gasteiger partial charge is 0.236 e. The third kappa shape index (κ3) is 2.44. The number of anilines is 1. The van der Waals surface area contributed by atoms with Gasteiger partial charge in [0.25, 0.3) is 0 Å². The van der Waals surface area contributed by atoms with Crippen LogP contribution in [0.4, 0.5) is 14.5 Å². The predicted octanol–water partition coefficient (Wildman–Crippen LogP) is 1.87. The lowest BCUT2D eigenvalue weighted by Crippen LogP contribution is -2.28. The molecule has 0 radical (unpaired) electrons. The van der Waals surface area contributed by atoms with Gasteiger partial charge in [-0.25, -0.2) is 8.78 Å². The number of halogens is 2. The van der Waals surface area contributed by atoms with Gasteiger partial charge in [0.05, 0.1) is 18.6 Å². The Labute approximate surface area is 97.4 Å². The van der Waals surface area contributed by atoms with Crippen molar-refractivity contribution in [3.8, 4) is 5.75 Å². The monoisotopic (exact) mass is 247 g/mol. The number of carbonyl (C=O) groups excluding carboxylic acids is 1. The number of hydrogen-bond acceptors (Lipinski definition) is 3. The maximum atomic E-state index is 13.5. The van der Waals surface area contributed by atoms with E-state index in [1.54, 1.807) is 0 Å². The summed E-state index contributed by atoms with van der Waals surface area (Å²) in [5, 5.41) is 0. The van der Waals surface area contributed by atoms with Gasteiger partial charge < -0.3 is 9.64 Å². The highest BCUT2D eigenvalue weighted by atomic mass is 32.1. The number of nitrogens with zero attached hydrogens (tertiary/aromatic N) is 1. The van der Waals surface area contributed by atoms with Crippen LogP contribution in [0.3, 0.4) is 0 Å². The zero-order chi connectivity index (χ0) is 12.3. The largest absolute Gasteiger partial charge is 0.494 e. The normalized spacial score (nSPS) is 10.1. The molecule has 0 unspecified atom stereocenters. The van der Waals surface area contributed by atoms with Crippen molar-refractivity contribution in [2.24, 2.45) is 0 Å². The molecule has 0 saturated heterocycles. The first-order valence-electron chi connectivity index (χ1n) is 4.41. The first-order valence-corrected chi connectivity index (χ1v) is 5.05. The van der Waals surface area contributed by atoms with Crippen LogP contribution in [0.15, 0.2) is 12.1 Å². The van der Waals surface area contributed by atoms with Crippen molar-refractivity contribution in [1.82, 2.24) is 0 Å². The molecule has 0 spiro atoms. The molecule has 1 amide bonds. The fourth-order valence-corrected chi connectivity index (χ4v) is 1.38. The van der Waals surface area contributed by atoms with Crippen molar-refractivity contribution >= 4 is 24.2 Å². The van der Waals surface area contributed by atoms with E-state index < -0.39 is 17.5 Å². The first-order chi connectivity index (χ1) is 7.51. The Morgan fingerprint density at radius 2 is 2.06 bits per heavy atom. The van der Waals surface area contributed by atoms with Crippen molar-refractivity contribution < 1.29 is 18.3 Å². The van der Waals surface area contributed by atoms with Gasteiger partial charge in [0.1, 0.15) is 0 Å². The number of benzene rings is 1. The summed E-state index contributed by atoms with van der Waals surface area (Å²) in [6.07, 6.45) is 0. The molecule has 0 aliphatic rings. The van der Waals surface area contributed by atoms with E-state index in [2.05, 4.69) is 17.4 Å². The van der Waals surface area contributed by atoms with E-state index in [0.717, 1.165) is 17.0 Å². The topological polar surface area (TPSA) is 29.5 Å². The third-order valence-corrected chi connectivity index (χ3v) is 2.36. The Hall–Kier alpha value is -1.30. The quantitative estimate of drug-likeness (QED) is 0.826. The van der Waals surface area contributed by atoms with Crippen LogP contribution in [0, 0.1) is 11.6 Å². The van der Waals surface area contributed by atoms with Crippen LogP contribution in [0.1, 0.15) is 0 Å². The van der Waals surface area contributed by atoms with Crippen LogP contribution in [0.2, 0.25) is 0 Å². The Morgan fingerprint density at radius 3 is 2.56 bits per heavy atom. The molecule has 0 saturated carbocycles. The second-order valence-corrected chi connectivity index (χ2v) is 3.37. The van der Waals surface area contributed by atoms with Crippen LogP contribution >= 0.6 is 12.6 Å². The molecule has 0 fully saturated rings. The van der Waals surface area contributed by atoms with Crippen LogP contribution in [-0.4, -0.2) is 25.8 Å². The molecule has 0 aliphatic carbocycles. The molecule has 3 nitrogen and oxygen atoms in total. The molecule has 88 valence electrons. The van der Waals surface area contributed by atoms with E-state index in [4.69, 9.17) is 0 Å².